The fourth-order valence-corrected chi connectivity index (χ4v) is 5.65. The molecule has 1 unspecified atom stereocenters. The van der Waals surface area contributed by atoms with E-state index in [9.17, 15) is 17.6 Å². The van der Waals surface area contributed by atoms with E-state index in [1.54, 1.807) is 12.1 Å². The predicted molar refractivity (Wildman–Crippen MR) is 141 cm³/mol. The van der Waals surface area contributed by atoms with E-state index in [-0.39, 0.29) is 28.9 Å². The van der Waals surface area contributed by atoms with Crippen molar-refractivity contribution in [1.82, 2.24) is 14.3 Å². The number of aromatic nitrogens is 2. The summed E-state index contributed by atoms with van der Waals surface area (Å²) in [7, 11) is -4.02. The predicted octanol–water partition coefficient (Wildman–Crippen LogP) is 4.37. The van der Waals surface area contributed by atoms with Gasteiger partial charge in [-0.25, -0.2) is 26.4 Å². The van der Waals surface area contributed by atoms with Gasteiger partial charge >= 0.3 is 0 Å². The minimum absolute atomic E-state index is 0.0526. The van der Waals surface area contributed by atoms with E-state index in [2.05, 4.69) is 5.10 Å². The molecular weight excluding hydrogens is 530 g/mol. The van der Waals surface area contributed by atoms with E-state index in [0.717, 1.165) is 25.5 Å². The Kier molecular flexibility index (Phi) is 7.27. The second-order valence-corrected chi connectivity index (χ2v) is 13.3. The first-order valence-electron chi connectivity index (χ1n) is 13.0. The highest BCUT2D eigenvalue weighted by Crippen LogP contribution is 2.42. The molecular formula is C27H32F2N4O5S. The van der Waals surface area contributed by atoms with Crippen LogP contribution in [0.1, 0.15) is 68.4 Å². The lowest BCUT2D eigenvalue weighted by molar-refractivity contribution is 0.0250. The third-order valence-corrected chi connectivity index (χ3v) is 9.30. The van der Waals surface area contributed by atoms with Crippen LogP contribution in [0.25, 0.3) is 5.52 Å². The van der Waals surface area contributed by atoms with Crippen molar-refractivity contribution in [3.05, 3.63) is 59.4 Å². The van der Waals surface area contributed by atoms with Crippen molar-refractivity contribution in [2.75, 3.05) is 24.7 Å². The molecule has 1 atom stereocenters. The molecule has 2 aromatic heterocycles. The normalized spacial score (nSPS) is 19.0. The van der Waals surface area contributed by atoms with Crippen LogP contribution >= 0.6 is 0 Å². The van der Waals surface area contributed by atoms with Gasteiger partial charge in [0, 0.05) is 31.1 Å². The van der Waals surface area contributed by atoms with Crippen molar-refractivity contribution in [2.24, 2.45) is 0 Å². The van der Waals surface area contributed by atoms with Gasteiger partial charge in [0.15, 0.2) is 5.82 Å². The molecule has 1 N–H and O–H groups in total. The maximum atomic E-state index is 16.1. The molecule has 0 saturated carbocycles. The number of carbonyl (C=O) groups is 1. The number of fused-ring (bicyclic) bond motifs is 1. The fraction of sp³-hybridized carbons (Fsp3) is 0.481. The van der Waals surface area contributed by atoms with Gasteiger partial charge in [0.1, 0.15) is 23.2 Å². The number of nitrogens with zero attached hydrogens (tertiary/aromatic N) is 3. The summed E-state index contributed by atoms with van der Waals surface area (Å²) in [5, 5.41) is 4.05. The lowest BCUT2D eigenvalue weighted by atomic mass is 10.0. The third-order valence-electron chi connectivity index (χ3n) is 7.23. The van der Waals surface area contributed by atoms with Crippen LogP contribution in [0.2, 0.25) is 0 Å². The minimum Gasteiger partial charge on any atom is -0.490 e. The van der Waals surface area contributed by atoms with Crippen LogP contribution in [0.15, 0.2) is 36.7 Å². The molecule has 12 heteroatoms. The first-order valence-corrected chi connectivity index (χ1v) is 14.5. The number of halogens is 2. The van der Waals surface area contributed by atoms with Gasteiger partial charge in [-0.05, 0) is 57.9 Å². The van der Waals surface area contributed by atoms with Gasteiger partial charge in [-0.15, -0.1) is 0 Å². The Labute approximate surface area is 226 Å². The van der Waals surface area contributed by atoms with Crippen LogP contribution in [0.5, 0.6) is 5.75 Å². The van der Waals surface area contributed by atoms with Crippen LogP contribution in [0.4, 0.5) is 14.5 Å². The molecule has 4 heterocycles. The number of sulfonamides is 1. The van der Waals surface area contributed by atoms with Crippen molar-refractivity contribution < 1.29 is 31.5 Å². The van der Waals surface area contributed by atoms with E-state index >= 15 is 4.39 Å². The molecule has 210 valence electrons. The average molecular weight is 563 g/mol. The molecule has 39 heavy (non-hydrogen) atoms. The van der Waals surface area contributed by atoms with Gasteiger partial charge in [0.25, 0.3) is 5.91 Å². The molecule has 0 bridgehead atoms. The lowest BCUT2D eigenvalue weighted by Gasteiger charge is -2.31. The quantitative estimate of drug-likeness (QED) is 0.476. The van der Waals surface area contributed by atoms with Crippen LogP contribution in [-0.4, -0.2) is 54.5 Å². The Bertz CT molecular complexity index is 1500. The maximum Gasteiger partial charge on any atom is 0.268 e. The Morgan fingerprint density at radius 3 is 2.62 bits per heavy atom. The summed E-state index contributed by atoms with van der Waals surface area (Å²) in [6.45, 7) is 6.06. The third kappa shape index (κ3) is 5.31. The number of benzene rings is 1. The van der Waals surface area contributed by atoms with Crippen LogP contribution in [-0.2, 0) is 14.8 Å². The molecule has 3 aromatic rings. The molecule has 2 aliphatic rings. The molecule has 1 amide bonds. The number of nitrogens with one attached hydrogen (secondary N) is 1. The second-order valence-electron chi connectivity index (χ2n) is 10.9. The number of anilines is 1. The fourth-order valence-electron chi connectivity index (χ4n) is 4.99. The Morgan fingerprint density at radius 2 is 1.90 bits per heavy atom. The van der Waals surface area contributed by atoms with Crippen molar-refractivity contribution in [3.8, 4) is 5.75 Å². The van der Waals surface area contributed by atoms with Crippen LogP contribution in [0.3, 0.4) is 0 Å². The summed E-state index contributed by atoms with van der Waals surface area (Å²) in [5.74, 6) is -1.55. The molecule has 9 nitrogen and oxygen atoms in total. The minimum atomic E-state index is -4.02. The zero-order valence-electron chi connectivity index (χ0n) is 22.1. The summed E-state index contributed by atoms with van der Waals surface area (Å²) in [6.07, 6.45) is 5.45. The molecule has 0 spiro atoms. The Balaban J connectivity index is 1.50. The number of carbonyl (C=O) groups excluding carboxylic acids is 1. The van der Waals surface area contributed by atoms with E-state index < -0.39 is 32.3 Å². The van der Waals surface area contributed by atoms with Gasteiger partial charge in [-0.3, -0.25) is 4.79 Å². The number of pyridine rings is 1. The number of amides is 1. The first kappa shape index (κ1) is 27.3. The van der Waals surface area contributed by atoms with Gasteiger partial charge in [0.05, 0.1) is 41.5 Å². The van der Waals surface area contributed by atoms with Crippen LogP contribution < -0.4 is 14.4 Å². The van der Waals surface area contributed by atoms with E-state index in [4.69, 9.17) is 9.47 Å². The van der Waals surface area contributed by atoms with Crippen LogP contribution in [0, 0.1) is 11.6 Å². The van der Waals surface area contributed by atoms with Gasteiger partial charge in [-0.1, -0.05) is 0 Å². The van der Waals surface area contributed by atoms with Gasteiger partial charge in [-0.2, -0.15) is 5.10 Å². The summed E-state index contributed by atoms with van der Waals surface area (Å²) >= 11 is 0. The lowest BCUT2D eigenvalue weighted by Crippen LogP contribution is -2.42. The molecule has 5 rings (SSSR count). The average Bonchev–Trinajstić information content (AvgIpc) is 3.53. The van der Waals surface area contributed by atoms with Crippen molar-refractivity contribution >= 4 is 27.1 Å². The first-order chi connectivity index (χ1) is 18.5. The zero-order valence-corrected chi connectivity index (χ0v) is 22.9. The highest BCUT2D eigenvalue weighted by Gasteiger charge is 2.35. The second kappa shape index (κ2) is 10.4. The van der Waals surface area contributed by atoms with Crippen molar-refractivity contribution in [2.45, 2.75) is 63.3 Å². The smallest absolute Gasteiger partial charge is 0.268 e. The Morgan fingerprint density at radius 1 is 1.15 bits per heavy atom. The largest absolute Gasteiger partial charge is 0.490 e. The summed E-state index contributed by atoms with van der Waals surface area (Å²) < 4.78 is 69.3. The van der Waals surface area contributed by atoms with Crippen molar-refractivity contribution in [3.63, 3.8) is 0 Å². The van der Waals surface area contributed by atoms with Gasteiger partial charge < -0.3 is 14.4 Å². The number of rotatable bonds is 6. The standard InChI is InChI=1S/C27H32F2N4O5S/c1-27(2,3)39(35,36)31-26(34)20-16-30-33-12-8-22(24(29)25(20)33)32-11-4-5-21(32)19-15-17(28)6-7-23(19)38-18-9-13-37-14-10-18/h6-8,12,15-16,18,21H,4-5,9-11,13-14H2,1-3H3,(H,31,34). The molecule has 0 radical (unpaired) electrons. The maximum absolute atomic E-state index is 16.1. The number of hydrogen-bond donors (Lipinski definition) is 1. The SMILES string of the molecule is CC(C)(C)S(=O)(=O)NC(=O)c1cnn2ccc(N3CCCC3c3cc(F)ccc3OC3CCOCC3)c(F)c12. The highest BCUT2D eigenvalue weighted by atomic mass is 32.2. The van der Waals surface area contributed by atoms with Gasteiger partial charge in [0.2, 0.25) is 10.0 Å². The van der Waals surface area contributed by atoms with Crippen molar-refractivity contribution in [1.29, 1.82) is 0 Å². The monoisotopic (exact) mass is 562 g/mol. The molecule has 2 aliphatic heterocycles. The van der Waals surface area contributed by atoms with E-state index in [0.29, 0.717) is 37.5 Å². The number of ether oxygens (including phenoxy) is 2. The molecule has 2 saturated heterocycles. The van der Waals surface area contributed by atoms with E-state index in [1.165, 1.54) is 43.6 Å². The topological polar surface area (TPSA) is 102 Å². The highest BCUT2D eigenvalue weighted by molar-refractivity contribution is 7.91. The summed E-state index contributed by atoms with van der Waals surface area (Å²) in [4.78, 5) is 14.8. The van der Waals surface area contributed by atoms with E-state index in [1.807, 2.05) is 9.62 Å². The molecule has 0 aliphatic carbocycles. The zero-order chi connectivity index (χ0) is 27.9. The molecule has 2 fully saturated rings. The summed E-state index contributed by atoms with van der Waals surface area (Å²) in [6, 6.07) is 5.59. The summed E-state index contributed by atoms with van der Waals surface area (Å²) in [5.41, 5.74) is 0.491. The number of hydrogen-bond acceptors (Lipinski definition) is 7. The Hall–Kier alpha value is -3.25. The molecule has 1 aromatic carbocycles.